The Morgan fingerprint density at radius 2 is 1.95 bits per heavy atom. The lowest BCUT2D eigenvalue weighted by molar-refractivity contribution is -0.133. The van der Waals surface area contributed by atoms with Crippen molar-refractivity contribution < 1.29 is 19.4 Å². The van der Waals surface area contributed by atoms with Crippen LogP contribution in [0, 0.1) is 0 Å². The predicted octanol–water partition coefficient (Wildman–Crippen LogP) is 1.41. The Balaban J connectivity index is 2.42. The number of rotatable bonds is 3. The summed E-state index contributed by atoms with van der Waals surface area (Å²) in [5.41, 5.74) is 1.16. The zero-order valence-corrected chi connectivity index (χ0v) is 10.6. The highest BCUT2D eigenvalue weighted by Gasteiger charge is 2.30. The van der Waals surface area contributed by atoms with E-state index in [9.17, 15) is 14.7 Å². The Kier molecular flexibility index (Phi) is 3.41. The number of hydrogen-bond acceptors (Lipinski definition) is 3. The smallest absolute Gasteiger partial charge is 0.335 e. The number of ether oxygens (including phenoxy) is 1. The second-order valence-corrected chi connectivity index (χ2v) is 4.15. The van der Waals surface area contributed by atoms with Crippen molar-refractivity contribution >= 4 is 12.0 Å². The van der Waals surface area contributed by atoms with Crippen molar-refractivity contribution in [3.8, 4) is 5.75 Å². The molecule has 0 saturated carbocycles. The molecule has 3 N–H and O–H groups in total. The van der Waals surface area contributed by atoms with E-state index in [0.717, 1.165) is 0 Å². The fourth-order valence-corrected chi connectivity index (χ4v) is 2.02. The van der Waals surface area contributed by atoms with E-state index in [1.54, 1.807) is 38.3 Å². The van der Waals surface area contributed by atoms with Crippen molar-refractivity contribution in [2.45, 2.75) is 13.0 Å². The first-order valence-corrected chi connectivity index (χ1v) is 5.68. The van der Waals surface area contributed by atoms with Crippen LogP contribution in [0.2, 0.25) is 0 Å². The van der Waals surface area contributed by atoms with Crippen LogP contribution in [0.3, 0.4) is 0 Å². The first-order chi connectivity index (χ1) is 9.02. The van der Waals surface area contributed by atoms with Gasteiger partial charge < -0.3 is 20.5 Å². The van der Waals surface area contributed by atoms with E-state index in [1.807, 2.05) is 0 Å². The Bertz CT molecular complexity index is 548. The number of aliphatic carboxylic acids is 1. The monoisotopic (exact) mass is 262 g/mol. The molecule has 1 atom stereocenters. The standard InChI is InChI=1S/C13H14N2O4/c1-7-10(12(16)17)11(15-13(18)14-7)8-3-5-9(19-2)6-4-8/h3-6,11H,1-2H3,(H,16,17)(H2,14,15,18)/t11-/m1/s1. The number of urea groups is 1. The number of amides is 2. The van der Waals surface area contributed by atoms with Gasteiger partial charge in [0.15, 0.2) is 0 Å². The number of hydrogen-bond donors (Lipinski definition) is 3. The summed E-state index contributed by atoms with van der Waals surface area (Å²) >= 11 is 0. The van der Waals surface area contributed by atoms with Gasteiger partial charge in [-0.2, -0.15) is 0 Å². The molecule has 1 aromatic rings. The Labute approximate surface area is 110 Å². The van der Waals surface area contributed by atoms with Crippen molar-refractivity contribution in [3.63, 3.8) is 0 Å². The number of carboxylic acid groups (broad SMARTS) is 1. The SMILES string of the molecule is COc1ccc([C@H]2NC(=O)NC(C)=C2C(=O)O)cc1. The van der Waals surface area contributed by atoms with Gasteiger partial charge in [0.05, 0.1) is 18.7 Å². The molecule has 1 heterocycles. The average Bonchev–Trinajstić information content (AvgIpc) is 2.37. The van der Waals surface area contributed by atoms with Gasteiger partial charge in [-0.25, -0.2) is 9.59 Å². The van der Waals surface area contributed by atoms with Gasteiger partial charge in [0.25, 0.3) is 0 Å². The molecule has 100 valence electrons. The topological polar surface area (TPSA) is 87.7 Å². The number of methoxy groups -OCH3 is 1. The van der Waals surface area contributed by atoms with E-state index >= 15 is 0 Å². The minimum atomic E-state index is -1.06. The lowest BCUT2D eigenvalue weighted by Crippen LogP contribution is -2.45. The molecule has 1 aliphatic rings. The van der Waals surface area contributed by atoms with Gasteiger partial charge in [-0.15, -0.1) is 0 Å². The van der Waals surface area contributed by atoms with E-state index in [0.29, 0.717) is 17.0 Å². The second kappa shape index (κ2) is 5.01. The fourth-order valence-electron chi connectivity index (χ4n) is 2.02. The summed E-state index contributed by atoms with van der Waals surface area (Å²) in [4.78, 5) is 22.8. The minimum absolute atomic E-state index is 0.129. The molecule has 0 aromatic heterocycles. The summed E-state index contributed by atoms with van der Waals surface area (Å²) in [5.74, 6) is -0.396. The lowest BCUT2D eigenvalue weighted by Gasteiger charge is -2.27. The number of nitrogens with one attached hydrogen (secondary N) is 2. The van der Waals surface area contributed by atoms with Gasteiger partial charge in [-0.3, -0.25) is 0 Å². The summed E-state index contributed by atoms with van der Waals surface area (Å²) < 4.78 is 5.05. The summed E-state index contributed by atoms with van der Waals surface area (Å²) in [6.07, 6.45) is 0. The fraction of sp³-hybridized carbons (Fsp3) is 0.231. The Morgan fingerprint density at radius 1 is 1.32 bits per heavy atom. The van der Waals surface area contributed by atoms with Crippen LogP contribution in [0.25, 0.3) is 0 Å². The number of carbonyl (C=O) groups excluding carboxylic acids is 1. The molecule has 2 amide bonds. The molecule has 6 heteroatoms. The van der Waals surface area contributed by atoms with Crippen molar-refractivity contribution in [1.82, 2.24) is 10.6 Å². The largest absolute Gasteiger partial charge is 0.497 e. The normalized spacial score (nSPS) is 18.6. The van der Waals surface area contributed by atoms with Crippen molar-refractivity contribution in [3.05, 3.63) is 41.1 Å². The molecule has 0 spiro atoms. The molecule has 0 saturated heterocycles. The van der Waals surface area contributed by atoms with E-state index in [-0.39, 0.29) is 5.57 Å². The van der Waals surface area contributed by atoms with Gasteiger partial charge in [0.1, 0.15) is 5.75 Å². The van der Waals surface area contributed by atoms with Crippen LogP contribution in [-0.4, -0.2) is 24.2 Å². The van der Waals surface area contributed by atoms with Crippen LogP contribution in [0.1, 0.15) is 18.5 Å². The van der Waals surface area contributed by atoms with E-state index in [2.05, 4.69) is 10.6 Å². The third-order valence-electron chi connectivity index (χ3n) is 2.95. The zero-order chi connectivity index (χ0) is 14.0. The number of allylic oxidation sites excluding steroid dienone is 1. The summed E-state index contributed by atoms with van der Waals surface area (Å²) in [5, 5.41) is 14.3. The van der Waals surface area contributed by atoms with Crippen LogP contribution in [-0.2, 0) is 4.79 Å². The molecule has 0 bridgehead atoms. The average molecular weight is 262 g/mol. The highest BCUT2D eigenvalue weighted by molar-refractivity contribution is 5.93. The van der Waals surface area contributed by atoms with Crippen LogP contribution >= 0.6 is 0 Å². The molecule has 0 radical (unpaired) electrons. The maximum atomic E-state index is 11.5. The van der Waals surface area contributed by atoms with Gasteiger partial charge in [-0.05, 0) is 24.6 Å². The molecule has 19 heavy (non-hydrogen) atoms. The van der Waals surface area contributed by atoms with Crippen molar-refractivity contribution in [2.24, 2.45) is 0 Å². The first-order valence-electron chi connectivity index (χ1n) is 5.68. The molecule has 1 aliphatic heterocycles. The van der Waals surface area contributed by atoms with Gasteiger partial charge >= 0.3 is 12.0 Å². The Hall–Kier alpha value is -2.50. The quantitative estimate of drug-likeness (QED) is 0.768. The van der Waals surface area contributed by atoms with E-state index < -0.39 is 18.0 Å². The molecular formula is C13H14N2O4. The molecular weight excluding hydrogens is 248 g/mol. The third-order valence-corrected chi connectivity index (χ3v) is 2.95. The van der Waals surface area contributed by atoms with Gasteiger partial charge in [-0.1, -0.05) is 12.1 Å². The summed E-state index contributed by atoms with van der Waals surface area (Å²) in [6.45, 7) is 1.57. The van der Waals surface area contributed by atoms with Crippen LogP contribution < -0.4 is 15.4 Å². The molecule has 1 aromatic carbocycles. The van der Waals surface area contributed by atoms with E-state index in [1.165, 1.54) is 0 Å². The summed E-state index contributed by atoms with van der Waals surface area (Å²) in [7, 11) is 1.55. The van der Waals surface area contributed by atoms with Crippen LogP contribution in [0.15, 0.2) is 35.5 Å². The maximum absolute atomic E-state index is 11.5. The predicted molar refractivity (Wildman–Crippen MR) is 67.7 cm³/mol. The Morgan fingerprint density at radius 3 is 2.47 bits per heavy atom. The van der Waals surface area contributed by atoms with Crippen LogP contribution in [0.4, 0.5) is 4.79 Å². The molecule has 0 aliphatic carbocycles. The molecule has 2 rings (SSSR count). The highest BCUT2D eigenvalue weighted by atomic mass is 16.5. The highest BCUT2D eigenvalue weighted by Crippen LogP contribution is 2.27. The van der Waals surface area contributed by atoms with Crippen LogP contribution in [0.5, 0.6) is 5.75 Å². The molecule has 6 nitrogen and oxygen atoms in total. The van der Waals surface area contributed by atoms with Gasteiger partial charge in [0, 0.05) is 5.70 Å². The maximum Gasteiger partial charge on any atom is 0.335 e. The second-order valence-electron chi connectivity index (χ2n) is 4.15. The third kappa shape index (κ3) is 2.52. The van der Waals surface area contributed by atoms with Crippen molar-refractivity contribution in [1.29, 1.82) is 0 Å². The first kappa shape index (κ1) is 12.9. The number of benzene rings is 1. The van der Waals surface area contributed by atoms with Gasteiger partial charge in [0.2, 0.25) is 0 Å². The molecule has 0 unspecified atom stereocenters. The van der Waals surface area contributed by atoms with Crippen molar-refractivity contribution in [2.75, 3.05) is 7.11 Å². The number of carbonyl (C=O) groups is 2. The minimum Gasteiger partial charge on any atom is -0.497 e. The zero-order valence-electron chi connectivity index (χ0n) is 10.6. The summed E-state index contributed by atoms with van der Waals surface area (Å²) in [6, 6.07) is 5.81. The molecule has 0 fully saturated rings. The number of carboxylic acids is 1. The van der Waals surface area contributed by atoms with E-state index in [4.69, 9.17) is 4.74 Å². The lowest BCUT2D eigenvalue weighted by atomic mass is 9.95.